The Balaban J connectivity index is 1.94. The van der Waals surface area contributed by atoms with Crippen molar-refractivity contribution in [2.24, 2.45) is 0 Å². The van der Waals surface area contributed by atoms with Crippen molar-refractivity contribution in [2.45, 2.75) is 26.7 Å². The molecule has 0 aliphatic carbocycles. The molecule has 144 valence electrons. The zero-order valence-electron chi connectivity index (χ0n) is 15.9. The van der Waals surface area contributed by atoms with Crippen LogP contribution in [0.4, 0.5) is 0 Å². The molecule has 1 aromatic carbocycles. The number of rotatable bonds is 9. The fourth-order valence-electron chi connectivity index (χ4n) is 3.07. The third-order valence-electron chi connectivity index (χ3n) is 4.56. The van der Waals surface area contributed by atoms with Crippen LogP contribution in [0.25, 0.3) is 0 Å². The summed E-state index contributed by atoms with van der Waals surface area (Å²) in [6, 6.07) is 7.58. The molecule has 1 aliphatic heterocycles. The lowest BCUT2D eigenvalue weighted by atomic mass is 10.1. The van der Waals surface area contributed by atoms with E-state index in [1.54, 1.807) is 11.8 Å². The topological polar surface area (TPSA) is 59.1 Å². The summed E-state index contributed by atoms with van der Waals surface area (Å²) >= 11 is 0. The first kappa shape index (κ1) is 20.4. The molecular weight excluding hydrogens is 332 g/mol. The molecule has 1 fully saturated rings. The zero-order valence-corrected chi connectivity index (χ0v) is 15.9. The zero-order chi connectivity index (χ0) is 18.8. The maximum absolute atomic E-state index is 13.0. The largest absolute Gasteiger partial charge is 0.466 e. The van der Waals surface area contributed by atoms with Gasteiger partial charge in [-0.25, -0.2) is 0 Å². The Kier molecular flexibility index (Phi) is 8.58. The minimum absolute atomic E-state index is 0.0191. The van der Waals surface area contributed by atoms with Gasteiger partial charge in [-0.1, -0.05) is 18.2 Å². The van der Waals surface area contributed by atoms with Crippen molar-refractivity contribution < 1.29 is 19.1 Å². The number of esters is 1. The smallest absolute Gasteiger partial charge is 0.307 e. The molecule has 6 heteroatoms. The highest BCUT2D eigenvalue weighted by Crippen LogP contribution is 2.12. The molecule has 1 aliphatic rings. The SMILES string of the molecule is CCOC(=O)CCN(CCCN1CCOCC1)C(=O)c1ccccc1C. The van der Waals surface area contributed by atoms with E-state index in [0.717, 1.165) is 44.8 Å². The quantitative estimate of drug-likeness (QED) is 0.630. The molecule has 0 atom stereocenters. The number of benzene rings is 1. The van der Waals surface area contributed by atoms with Gasteiger partial charge in [0.15, 0.2) is 0 Å². The molecule has 0 unspecified atom stereocenters. The second-order valence-electron chi connectivity index (χ2n) is 6.47. The predicted molar refractivity (Wildman–Crippen MR) is 100 cm³/mol. The molecule has 0 saturated carbocycles. The van der Waals surface area contributed by atoms with Gasteiger partial charge < -0.3 is 14.4 Å². The Morgan fingerprint density at radius 1 is 1.19 bits per heavy atom. The van der Waals surface area contributed by atoms with Crippen LogP contribution in [0.15, 0.2) is 24.3 Å². The Labute approximate surface area is 156 Å². The summed E-state index contributed by atoms with van der Waals surface area (Å²) < 4.78 is 10.4. The summed E-state index contributed by atoms with van der Waals surface area (Å²) in [5.41, 5.74) is 1.65. The molecule has 1 amide bonds. The first-order valence-electron chi connectivity index (χ1n) is 9.42. The van der Waals surface area contributed by atoms with Gasteiger partial charge in [-0.05, 0) is 31.9 Å². The maximum atomic E-state index is 13.0. The van der Waals surface area contributed by atoms with Gasteiger partial charge in [0.05, 0.1) is 26.2 Å². The lowest BCUT2D eigenvalue weighted by Crippen LogP contribution is -2.39. The molecule has 0 bridgehead atoms. The van der Waals surface area contributed by atoms with Crippen LogP contribution in [0.1, 0.15) is 35.7 Å². The summed E-state index contributed by atoms with van der Waals surface area (Å²) in [7, 11) is 0. The predicted octanol–water partition coefficient (Wildman–Crippen LogP) is 2.11. The van der Waals surface area contributed by atoms with Gasteiger partial charge in [-0.15, -0.1) is 0 Å². The first-order chi connectivity index (χ1) is 12.6. The van der Waals surface area contributed by atoms with Gasteiger partial charge in [0, 0.05) is 38.3 Å². The molecule has 1 saturated heterocycles. The van der Waals surface area contributed by atoms with Crippen LogP contribution in [0.3, 0.4) is 0 Å². The normalized spacial score (nSPS) is 14.8. The summed E-state index contributed by atoms with van der Waals surface area (Å²) in [5.74, 6) is -0.280. The van der Waals surface area contributed by atoms with Crippen LogP contribution in [0.2, 0.25) is 0 Å². The van der Waals surface area contributed by atoms with E-state index in [9.17, 15) is 9.59 Å². The van der Waals surface area contributed by atoms with Crippen molar-refractivity contribution in [3.05, 3.63) is 35.4 Å². The number of carbonyl (C=O) groups is 2. The number of hydrogen-bond acceptors (Lipinski definition) is 5. The van der Waals surface area contributed by atoms with E-state index >= 15 is 0 Å². The molecule has 0 spiro atoms. The van der Waals surface area contributed by atoms with Crippen molar-refractivity contribution in [2.75, 3.05) is 52.5 Å². The molecule has 0 radical (unpaired) electrons. The third-order valence-corrected chi connectivity index (χ3v) is 4.56. The number of hydrogen-bond donors (Lipinski definition) is 0. The molecule has 0 aromatic heterocycles. The Morgan fingerprint density at radius 3 is 2.62 bits per heavy atom. The summed E-state index contributed by atoms with van der Waals surface area (Å²) in [4.78, 5) is 28.8. The highest BCUT2D eigenvalue weighted by atomic mass is 16.5. The molecule has 0 N–H and O–H groups in total. The van der Waals surface area contributed by atoms with E-state index in [0.29, 0.717) is 25.3 Å². The Morgan fingerprint density at radius 2 is 1.92 bits per heavy atom. The summed E-state index contributed by atoms with van der Waals surface area (Å²) in [5, 5.41) is 0. The second kappa shape index (κ2) is 10.9. The second-order valence-corrected chi connectivity index (χ2v) is 6.47. The average molecular weight is 362 g/mol. The fraction of sp³-hybridized carbons (Fsp3) is 0.600. The lowest BCUT2D eigenvalue weighted by Gasteiger charge is -2.28. The number of ether oxygens (including phenoxy) is 2. The Hall–Kier alpha value is -1.92. The minimum atomic E-state index is -0.261. The minimum Gasteiger partial charge on any atom is -0.466 e. The van der Waals surface area contributed by atoms with Crippen LogP contribution in [0, 0.1) is 6.92 Å². The van der Waals surface area contributed by atoms with E-state index in [1.165, 1.54) is 0 Å². The van der Waals surface area contributed by atoms with Gasteiger partial charge in [0.25, 0.3) is 5.91 Å². The molecule has 1 aromatic rings. The molecule has 2 rings (SSSR count). The number of amides is 1. The molecule has 26 heavy (non-hydrogen) atoms. The van der Waals surface area contributed by atoms with Crippen LogP contribution < -0.4 is 0 Å². The molecular formula is C20H30N2O4. The summed E-state index contributed by atoms with van der Waals surface area (Å²) in [6.45, 7) is 9.45. The van der Waals surface area contributed by atoms with Crippen molar-refractivity contribution in [3.63, 3.8) is 0 Å². The van der Waals surface area contributed by atoms with Gasteiger partial charge in [0.1, 0.15) is 0 Å². The fourth-order valence-corrected chi connectivity index (χ4v) is 3.07. The average Bonchev–Trinajstić information content (AvgIpc) is 2.65. The van der Waals surface area contributed by atoms with Gasteiger partial charge in [-0.2, -0.15) is 0 Å². The van der Waals surface area contributed by atoms with Crippen molar-refractivity contribution >= 4 is 11.9 Å². The van der Waals surface area contributed by atoms with E-state index in [-0.39, 0.29) is 18.3 Å². The van der Waals surface area contributed by atoms with Crippen LogP contribution in [-0.2, 0) is 14.3 Å². The number of morpholine rings is 1. The highest BCUT2D eigenvalue weighted by molar-refractivity contribution is 5.95. The van der Waals surface area contributed by atoms with Gasteiger partial charge >= 0.3 is 5.97 Å². The van der Waals surface area contributed by atoms with E-state index in [2.05, 4.69) is 4.90 Å². The van der Waals surface area contributed by atoms with Gasteiger partial charge in [-0.3, -0.25) is 14.5 Å². The standard InChI is InChI=1S/C20H30N2O4/c1-3-26-19(23)9-12-22(11-6-10-21-13-15-25-16-14-21)20(24)18-8-5-4-7-17(18)2/h4-5,7-8H,3,6,9-16H2,1-2H3. The van der Waals surface area contributed by atoms with E-state index < -0.39 is 0 Å². The number of nitrogens with zero attached hydrogens (tertiary/aromatic N) is 2. The van der Waals surface area contributed by atoms with Crippen LogP contribution >= 0.6 is 0 Å². The number of aryl methyl sites for hydroxylation is 1. The first-order valence-corrected chi connectivity index (χ1v) is 9.42. The Bertz CT molecular complexity index is 585. The third kappa shape index (κ3) is 6.42. The lowest BCUT2D eigenvalue weighted by molar-refractivity contribution is -0.143. The molecule has 1 heterocycles. The van der Waals surface area contributed by atoms with Crippen molar-refractivity contribution in [1.29, 1.82) is 0 Å². The van der Waals surface area contributed by atoms with Crippen molar-refractivity contribution in [1.82, 2.24) is 9.80 Å². The van der Waals surface area contributed by atoms with E-state index in [1.807, 2.05) is 31.2 Å². The van der Waals surface area contributed by atoms with Crippen LogP contribution in [-0.4, -0.2) is 74.2 Å². The number of carbonyl (C=O) groups excluding carboxylic acids is 2. The van der Waals surface area contributed by atoms with Crippen LogP contribution in [0.5, 0.6) is 0 Å². The summed E-state index contributed by atoms with van der Waals surface area (Å²) in [6.07, 6.45) is 1.10. The maximum Gasteiger partial charge on any atom is 0.307 e. The van der Waals surface area contributed by atoms with Gasteiger partial charge in [0.2, 0.25) is 0 Å². The monoisotopic (exact) mass is 362 g/mol. The van der Waals surface area contributed by atoms with E-state index in [4.69, 9.17) is 9.47 Å². The highest BCUT2D eigenvalue weighted by Gasteiger charge is 2.19. The van der Waals surface area contributed by atoms with Crippen molar-refractivity contribution in [3.8, 4) is 0 Å². The molecule has 6 nitrogen and oxygen atoms in total.